The first-order chi connectivity index (χ1) is 13.4. The van der Waals surface area contributed by atoms with E-state index in [9.17, 15) is 19.2 Å². The number of nitrogens with zero attached hydrogens (tertiary/aromatic N) is 1. The number of morpholine rings is 1. The van der Waals surface area contributed by atoms with E-state index in [1.807, 2.05) is 6.92 Å². The minimum Gasteiger partial charge on any atom is -0.475 e. The van der Waals surface area contributed by atoms with E-state index in [1.54, 1.807) is 4.90 Å². The quantitative estimate of drug-likeness (QED) is 0.526. The topological polar surface area (TPSA) is 125 Å². The molecule has 2 aliphatic rings. The first kappa shape index (κ1) is 22.1. The highest BCUT2D eigenvalue weighted by atomic mass is 16.5. The normalized spacial score (nSPS) is 20.1. The van der Waals surface area contributed by atoms with Crippen LogP contribution in [-0.2, 0) is 19.1 Å². The van der Waals surface area contributed by atoms with Gasteiger partial charge in [0.05, 0.1) is 19.3 Å². The third-order valence-electron chi connectivity index (χ3n) is 5.47. The maximum absolute atomic E-state index is 13.1. The molecule has 1 heterocycles. The first-order valence-corrected chi connectivity index (χ1v) is 10.1. The number of carbonyl (C=O) groups excluding carboxylic acids is 3. The number of ketones is 1. The number of unbranched alkanes of at least 4 members (excludes halogenated alkanes) is 1. The van der Waals surface area contributed by atoms with Gasteiger partial charge in [-0.15, -0.1) is 0 Å². The minimum atomic E-state index is -1.56. The van der Waals surface area contributed by atoms with Crippen molar-refractivity contribution in [1.82, 2.24) is 15.5 Å². The Bertz CT molecular complexity index is 582. The molecule has 0 spiro atoms. The Balaban J connectivity index is 2.12. The molecule has 0 aromatic heterocycles. The highest BCUT2D eigenvalue weighted by Crippen LogP contribution is 2.29. The van der Waals surface area contributed by atoms with Gasteiger partial charge < -0.3 is 25.4 Å². The molecule has 9 nitrogen and oxygen atoms in total. The second-order valence-electron chi connectivity index (χ2n) is 7.51. The van der Waals surface area contributed by atoms with Crippen LogP contribution in [0.3, 0.4) is 0 Å². The van der Waals surface area contributed by atoms with Crippen molar-refractivity contribution in [2.45, 2.75) is 69.9 Å². The van der Waals surface area contributed by atoms with Crippen LogP contribution in [0.1, 0.15) is 58.3 Å². The van der Waals surface area contributed by atoms with Crippen molar-refractivity contribution in [3.8, 4) is 0 Å². The lowest BCUT2D eigenvalue weighted by molar-refractivity contribution is -0.150. The van der Waals surface area contributed by atoms with Gasteiger partial charge in [-0.3, -0.25) is 9.59 Å². The van der Waals surface area contributed by atoms with Crippen LogP contribution in [0.25, 0.3) is 0 Å². The lowest BCUT2D eigenvalue weighted by Gasteiger charge is -2.39. The van der Waals surface area contributed by atoms with E-state index < -0.39 is 29.2 Å². The minimum absolute atomic E-state index is 0.265. The van der Waals surface area contributed by atoms with Crippen molar-refractivity contribution in [3.05, 3.63) is 0 Å². The molecule has 1 saturated heterocycles. The Labute approximate surface area is 165 Å². The van der Waals surface area contributed by atoms with Gasteiger partial charge >= 0.3 is 12.0 Å². The maximum Gasteiger partial charge on any atom is 0.374 e. The number of amides is 3. The van der Waals surface area contributed by atoms with Gasteiger partial charge in [-0.1, -0.05) is 39.0 Å². The molecule has 2 fully saturated rings. The molecule has 0 radical (unpaired) electrons. The second-order valence-corrected chi connectivity index (χ2v) is 7.51. The molecule has 0 aromatic carbocycles. The van der Waals surface area contributed by atoms with Crippen molar-refractivity contribution in [3.63, 3.8) is 0 Å². The van der Waals surface area contributed by atoms with E-state index in [0.717, 1.165) is 25.7 Å². The van der Waals surface area contributed by atoms with E-state index in [-0.39, 0.29) is 12.5 Å². The number of carbonyl (C=O) groups is 4. The van der Waals surface area contributed by atoms with Gasteiger partial charge in [-0.05, 0) is 19.3 Å². The first-order valence-electron chi connectivity index (χ1n) is 10.1. The molecule has 1 aliphatic carbocycles. The van der Waals surface area contributed by atoms with E-state index in [0.29, 0.717) is 45.6 Å². The Hall–Kier alpha value is -2.16. The molecule has 1 saturated carbocycles. The zero-order chi connectivity index (χ0) is 20.6. The standard InChI is InChI=1S/C19H31N3O6/c1-2-3-7-14(15(23)16(24)25)20-17(26)19(8-5-4-6-9-19)21-18(27)22-10-12-28-13-11-22/h14H,2-13H2,1H3,(H,20,26)(H,21,27)(H,24,25)/t14-/m0/s1. The Kier molecular flexibility index (Phi) is 8.22. The third-order valence-corrected chi connectivity index (χ3v) is 5.47. The zero-order valence-electron chi connectivity index (χ0n) is 16.5. The number of urea groups is 1. The van der Waals surface area contributed by atoms with Crippen LogP contribution in [-0.4, -0.2) is 71.6 Å². The summed E-state index contributed by atoms with van der Waals surface area (Å²) >= 11 is 0. The predicted octanol–water partition coefficient (Wildman–Crippen LogP) is 1.06. The van der Waals surface area contributed by atoms with Crippen molar-refractivity contribution < 1.29 is 29.0 Å². The van der Waals surface area contributed by atoms with Gasteiger partial charge in [0.2, 0.25) is 5.91 Å². The van der Waals surface area contributed by atoms with Crippen molar-refractivity contribution in [2.24, 2.45) is 0 Å². The number of nitrogens with one attached hydrogen (secondary N) is 2. The van der Waals surface area contributed by atoms with E-state index >= 15 is 0 Å². The molecule has 3 N–H and O–H groups in total. The summed E-state index contributed by atoms with van der Waals surface area (Å²) in [5, 5.41) is 14.6. The molecule has 158 valence electrons. The molecule has 0 aromatic rings. The lowest BCUT2D eigenvalue weighted by atomic mass is 9.80. The Morgan fingerprint density at radius 1 is 1.11 bits per heavy atom. The summed E-state index contributed by atoms with van der Waals surface area (Å²) in [6.45, 7) is 3.76. The molecule has 28 heavy (non-hydrogen) atoms. The fraction of sp³-hybridized carbons (Fsp3) is 0.789. The highest BCUT2D eigenvalue weighted by Gasteiger charge is 2.43. The van der Waals surface area contributed by atoms with Crippen molar-refractivity contribution in [2.75, 3.05) is 26.3 Å². The summed E-state index contributed by atoms with van der Waals surface area (Å²) in [4.78, 5) is 50.6. The SMILES string of the molecule is CCCC[C@H](NC(=O)C1(NC(=O)N2CCOCC2)CCCCC1)C(=O)C(=O)O. The van der Waals surface area contributed by atoms with Gasteiger partial charge in [0.15, 0.2) is 0 Å². The van der Waals surface area contributed by atoms with Crippen molar-refractivity contribution in [1.29, 1.82) is 0 Å². The predicted molar refractivity (Wildman–Crippen MR) is 101 cm³/mol. The van der Waals surface area contributed by atoms with Gasteiger partial charge in [-0.25, -0.2) is 9.59 Å². The molecule has 0 bridgehead atoms. The largest absolute Gasteiger partial charge is 0.475 e. The molecule has 1 aliphatic heterocycles. The van der Waals surface area contributed by atoms with Gasteiger partial charge in [-0.2, -0.15) is 0 Å². The molecule has 3 amide bonds. The average molecular weight is 397 g/mol. The number of hydrogen-bond donors (Lipinski definition) is 3. The highest BCUT2D eigenvalue weighted by molar-refractivity contribution is 6.35. The van der Waals surface area contributed by atoms with Crippen LogP contribution in [0.2, 0.25) is 0 Å². The lowest BCUT2D eigenvalue weighted by Crippen LogP contribution is -2.64. The molecular weight excluding hydrogens is 366 g/mol. The number of Topliss-reactive ketones (excluding diaryl/α,β-unsaturated/α-hetero) is 1. The van der Waals surface area contributed by atoms with Gasteiger partial charge in [0.25, 0.3) is 5.78 Å². The van der Waals surface area contributed by atoms with Crippen LogP contribution in [0.15, 0.2) is 0 Å². The molecule has 1 atom stereocenters. The van der Waals surface area contributed by atoms with Crippen LogP contribution in [0.5, 0.6) is 0 Å². The third kappa shape index (κ3) is 5.67. The van der Waals surface area contributed by atoms with E-state index in [1.165, 1.54) is 0 Å². The summed E-state index contributed by atoms with van der Waals surface area (Å²) in [6, 6.07) is -1.40. The molecular formula is C19H31N3O6. The van der Waals surface area contributed by atoms with Crippen molar-refractivity contribution >= 4 is 23.7 Å². The summed E-state index contributed by atoms with van der Waals surface area (Å²) in [5.74, 6) is -3.05. The average Bonchev–Trinajstić information content (AvgIpc) is 2.71. The number of carboxylic acids is 1. The summed E-state index contributed by atoms with van der Waals surface area (Å²) in [6.07, 6.45) is 5.13. The van der Waals surface area contributed by atoms with Crippen LogP contribution < -0.4 is 10.6 Å². The summed E-state index contributed by atoms with van der Waals surface area (Å²) in [5.41, 5.74) is -1.11. The van der Waals surface area contributed by atoms with Gasteiger partial charge in [0, 0.05) is 13.1 Å². The molecule has 0 unspecified atom stereocenters. The fourth-order valence-corrected chi connectivity index (χ4v) is 3.74. The Morgan fingerprint density at radius 3 is 2.32 bits per heavy atom. The molecule has 2 rings (SSSR count). The van der Waals surface area contributed by atoms with E-state index in [4.69, 9.17) is 9.84 Å². The maximum atomic E-state index is 13.1. The number of carboxylic acid groups (broad SMARTS) is 1. The monoisotopic (exact) mass is 397 g/mol. The second kappa shape index (κ2) is 10.4. The Morgan fingerprint density at radius 2 is 1.75 bits per heavy atom. The fourth-order valence-electron chi connectivity index (χ4n) is 3.74. The summed E-state index contributed by atoms with van der Waals surface area (Å²) in [7, 11) is 0. The van der Waals surface area contributed by atoms with Gasteiger partial charge in [0.1, 0.15) is 5.54 Å². The number of rotatable bonds is 8. The van der Waals surface area contributed by atoms with Crippen LogP contribution in [0, 0.1) is 0 Å². The molecule has 9 heteroatoms. The smallest absolute Gasteiger partial charge is 0.374 e. The number of ether oxygens (including phenoxy) is 1. The van der Waals surface area contributed by atoms with E-state index in [2.05, 4.69) is 10.6 Å². The summed E-state index contributed by atoms with van der Waals surface area (Å²) < 4.78 is 5.26. The number of hydrogen-bond acceptors (Lipinski definition) is 5. The number of aliphatic carboxylic acids is 1. The van der Waals surface area contributed by atoms with Crippen LogP contribution in [0.4, 0.5) is 4.79 Å². The van der Waals surface area contributed by atoms with Crippen LogP contribution >= 0.6 is 0 Å². The zero-order valence-corrected chi connectivity index (χ0v) is 16.5.